The first-order valence-electron chi connectivity index (χ1n) is 13.9. The van der Waals surface area contributed by atoms with Crippen molar-refractivity contribution in [2.24, 2.45) is 0 Å². The third-order valence-electron chi connectivity index (χ3n) is 7.60. The highest BCUT2D eigenvalue weighted by Crippen LogP contribution is 2.33. The molecule has 0 atom stereocenters. The van der Waals surface area contributed by atoms with Crippen molar-refractivity contribution < 1.29 is 13.2 Å². The van der Waals surface area contributed by atoms with Crippen LogP contribution in [0.25, 0.3) is 10.2 Å². The molecule has 4 rings (SSSR count). The summed E-state index contributed by atoms with van der Waals surface area (Å²) < 4.78 is 29.7. The average molecular weight is 625 g/mol. The second-order valence-electron chi connectivity index (χ2n) is 9.84. The maximum atomic E-state index is 13.8. The zero-order valence-electron chi connectivity index (χ0n) is 23.8. The van der Waals surface area contributed by atoms with E-state index in [1.165, 1.54) is 17.8 Å². The van der Waals surface area contributed by atoms with E-state index in [0.29, 0.717) is 23.8 Å². The lowest BCUT2D eigenvalue weighted by Crippen LogP contribution is -2.41. The van der Waals surface area contributed by atoms with Gasteiger partial charge in [0.15, 0.2) is 5.13 Å². The standard InChI is InChI=1S/C29H40N4O3S3.ClH/c1-5-31(6-2)19-20-32(29-30-26-18-15-24(37-4)21-27(26)38-29)28(34)22-13-16-25(17-14-22)39(35,36)33(7-3)23-11-9-8-10-12-23;/h13-18,21,23H,5-12,19-20H2,1-4H3;1H. The summed E-state index contributed by atoms with van der Waals surface area (Å²) in [7, 11) is -3.63. The second-order valence-corrected chi connectivity index (χ2v) is 13.6. The Kier molecular flexibility index (Phi) is 12.3. The van der Waals surface area contributed by atoms with E-state index in [9.17, 15) is 13.2 Å². The Morgan fingerprint density at radius 1 is 0.975 bits per heavy atom. The Bertz CT molecular complexity index is 1350. The second kappa shape index (κ2) is 15.0. The number of carbonyl (C=O) groups is 1. The summed E-state index contributed by atoms with van der Waals surface area (Å²) in [6.07, 6.45) is 7.16. The molecule has 1 aliphatic rings. The molecule has 1 fully saturated rings. The number of hydrogen-bond acceptors (Lipinski definition) is 7. The highest BCUT2D eigenvalue weighted by atomic mass is 35.5. The van der Waals surface area contributed by atoms with Gasteiger partial charge in [-0.25, -0.2) is 13.4 Å². The van der Waals surface area contributed by atoms with Crippen LogP contribution in [-0.2, 0) is 10.0 Å². The molecule has 0 unspecified atom stereocenters. The van der Waals surface area contributed by atoms with Crippen LogP contribution in [-0.4, -0.2) is 73.5 Å². The molecule has 1 heterocycles. The van der Waals surface area contributed by atoms with Crippen LogP contribution >= 0.6 is 35.5 Å². The predicted octanol–water partition coefficient (Wildman–Crippen LogP) is 6.77. The summed E-state index contributed by atoms with van der Waals surface area (Å²) in [6, 6.07) is 12.7. The molecule has 3 aromatic rings. The van der Waals surface area contributed by atoms with Crippen LogP contribution in [0.1, 0.15) is 63.2 Å². The highest BCUT2D eigenvalue weighted by molar-refractivity contribution is 7.98. The summed E-state index contributed by atoms with van der Waals surface area (Å²) in [4.78, 5) is 24.1. The average Bonchev–Trinajstić information content (AvgIpc) is 3.39. The van der Waals surface area contributed by atoms with Gasteiger partial charge in [-0.3, -0.25) is 9.69 Å². The number of benzene rings is 2. The minimum Gasteiger partial charge on any atom is -0.302 e. The van der Waals surface area contributed by atoms with Crippen molar-refractivity contribution in [2.75, 3.05) is 43.9 Å². The molecule has 1 amide bonds. The molecular weight excluding hydrogens is 584 g/mol. The normalized spacial score (nSPS) is 14.6. The number of rotatable bonds is 12. The van der Waals surface area contributed by atoms with Crippen LogP contribution in [0.5, 0.6) is 0 Å². The van der Waals surface area contributed by atoms with Gasteiger partial charge in [-0.05, 0) is 74.7 Å². The van der Waals surface area contributed by atoms with Crippen molar-refractivity contribution in [1.29, 1.82) is 0 Å². The Morgan fingerprint density at radius 2 is 1.65 bits per heavy atom. The lowest BCUT2D eigenvalue weighted by atomic mass is 9.95. The van der Waals surface area contributed by atoms with Crippen molar-refractivity contribution in [3.8, 4) is 0 Å². The van der Waals surface area contributed by atoms with E-state index in [2.05, 4.69) is 24.8 Å². The number of halogens is 1. The largest absolute Gasteiger partial charge is 0.302 e. The summed E-state index contributed by atoms with van der Waals surface area (Å²) in [5, 5.41) is 0.659. The Labute approximate surface area is 253 Å². The van der Waals surface area contributed by atoms with Crippen LogP contribution < -0.4 is 4.90 Å². The van der Waals surface area contributed by atoms with Gasteiger partial charge in [0.1, 0.15) is 0 Å². The van der Waals surface area contributed by atoms with E-state index in [-0.39, 0.29) is 29.3 Å². The molecule has 1 saturated carbocycles. The van der Waals surface area contributed by atoms with Crippen LogP contribution in [0.15, 0.2) is 52.3 Å². The quantitative estimate of drug-likeness (QED) is 0.207. The number of amides is 1. The van der Waals surface area contributed by atoms with Gasteiger partial charge in [-0.15, -0.1) is 24.2 Å². The summed E-state index contributed by atoms with van der Waals surface area (Å²) >= 11 is 3.19. The number of thioether (sulfide) groups is 1. The maximum absolute atomic E-state index is 13.8. The van der Waals surface area contributed by atoms with Gasteiger partial charge in [0, 0.05) is 36.1 Å². The van der Waals surface area contributed by atoms with Gasteiger partial charge >= 0.3 is 0 Å². The Morgan fingerprint density at radius 3 is 2.25 bits per heavy atom. The lowest BCUT2D eigenvalue weighted by molar-refractivity contribution is 0.0983. The molecule has 0 radical (unpaired) electrons. The number of nitrogens with zero attached hydrogens (tertiary/aromatic N) is 4. The molecule has 7 nitrogen and oxygen atoms in total. The van der Waals surface area contributed by atoms with Gasteiger partial charge in [0.05, 0.1) is 15.1 Å². The van der Waals surface area contributed by atoms with Gasteiger partial charge in [-0.2, -0.15) is 4.31 Å². The van der Waals surface area contributed by atoms with E-state index in [4.69, 9.17) is 4.98 Å². The Hall–Kier alpha value is -1.69. The smallest absolute Gasteiger partial charge is 0.260 e. The minimum absolute atomic E-state index is 0. The fraction of sp³-hybridized carbons (Fsp3) is 0.517. The Balaban J connectivity index is 0.00000441. The first-order valence-corrected chi connectivity index (χ1v) is 17.4. The molecule has 220 valence electrons. The molecule has 0 bridgehead atoms. The number of hydrogen-bond donors (Lipinski definition) is 0. The summed E-state index contributed by atoms with van der Waals surface area (Å²) in [5.41, 5.74) is 1.33. The first-order chi connectivity index (χ1) is 18.8. The molecule has 0 N–H and O–H groups in total. The topological polar surface area (TPSA) is 73.8 Å². The SMILES string of the molecule is CCN(CC)CCN(C(=O)c1ccc(S(=O)(=O)N(CC)C2CCCCC2)cc1)c1nc2ccc(SC)cc2s1.Cl. The number of aromatic nitrogens is 1. The van der Waals surface area contributed by atoms with Crippen LogP contribution in [0.4, 0.5) is 5.13 Å². The fourth-order valence-corrected chi connectivity index (χ4v) is 8.49. The van der Waals surface area contributed by atoms with Crippen molar-refractivity contribution in [3.63, 3.8) is 0 Å². The molecule has 1 aliphatic carbocycles. The zero-order chi connectivity index (χ0) is 28.0. The predicted molar refractivity (Wildman–Crippen MR) is 171 cm³/mol. The molecule has 11 heteroatoms. The molecule has 0 saturated heterocycles. The molecule has 1 aromatic heterocycles. The fourth-order valence-electron chi connectivity index (χ4n) is 5.25. The minimum atomic E-state index is -3.63. The molecule has 0 spiro atoms. The van der Waals surface area contributed by atoms with Crippen LogP contribution in [0.2, 0.25) is 0 Å². The van der Waals surface area contributed by atoms with Gasteiger partial charge in [-0.1, -0.05) is 51.4 Å². The number of likely N-dealkylation sites (N-methyl/N-ethyl adjacent to an activating group) is 1. The number of fused-ring (bicyclic) bond motifs is 1. The third kappa shape index (κ3) is 7.38. The van der Waals surface area contributed by atoms with Crippen molar-refractivity contribution in [1.82, 2.24) is 14.2 Å². The highest BCUT2D eigenvalue weighted by Gasteiger charge is 2.31. The lowest BCUT2D eigenvalue weighted by Gasteiger charge is -2.32. The molecule has 0 aliphatic heterocycles. The molecule has 2 aromatic carbocycles. The third-order valence-corrected chi connectivity index (χ3v) is 11.4. The first kappa shape index (κ1) is 32.8. The van der Waals surface area contributed by atoms with E-state index < -0.39 is 10.0 Å². The molecule has 40 heavy (non-hydrogen) atoms. The van der Waals surface area contributed by atoms with Crippen molar-refractivity contribution >= 4 is 66.8 Å². The van der Waals surface area contributed by atoms with Crippen LogP contribution in [0.3, 0.4) is 0 Å². The van der Waals surface area contributed by atoms with Gasteiger partial charge < -0.3 is 4.90 Å². The number of sulfonamides is 1. The van der Waals surface area contributed by atoms with E-state index in [1.807, 2.05) is 25.3 Å². The van der Waals surface area contributed by atoms with Crippen LogP contribution in [0, 0.1) is 0 Å². The van der Waals surface area contributed by atoms with Crippen molar-refractivity contribution in [3.05, 3.63) is 48.0 Å². The van der Waals surface area contributed by atoms with Gasteiger partial charge in [0.25, 0.3) is 5.91 Å². The summed E-state index contributed by atoms with van der Waals surface area (Å²) in [6.45, 7) is 9.60. The zero-order valence-corrected chi connectivity index (χ0v) is 27.1. The van der Waals surface area contributed by atoms with E-state index >= 15 is 0 Å². The molecular formula is C29H41ClN4O3S3. The number of thiazole rings is 1. The summed E-state index contributed by atoms with van der Waals surface area (Å²) in [5.74, 6) is -0.171. The number of carbonyl (C=O) groups excluding carboxylic acids is 1. The van der Waals surface area contributed by atoms with Crippen molar-refractivity contribution in [2.45, 2.75) is 68.7 Å². The van der Waals surface area contributed by atoms with Gasteiger partial charge in [0.2, 0.25) is 10.0 Å². The van der Waals surface area contributed by atoms with E-state index in [1.54, 1.807) is 45.2 Å². The monoisotopic (exact) mass is 624 g/mol. The van der Waals surface area contributed by atoms with E-state index in [0.717, 1.165) is 60.4 Å². The number of anilines is 1. The maximum Gasteiger partial charge on any atom is 0.260 e.